The molecule has 1 heterocycles. The van der Waals surface area contributed by atoms with Gasteiger partial charge in [0.05, 0.1) is 11.2 Å². The van der Waals surface area contributed by atoms with Gasteiger partial charge < -0.3 is 4.55 Å². The van der Waals surface area contributed by atoms with Crippen LogP contribution < -0.4 is 9.86 Å². The van der Waals surface area contributed by atoms with Crippen LogP contribution in [0, 0.1) is 0 Å². The van der Waals surface area contributed by atoms with Crippen molar-refractivity contribution >= 4 is 37.1 Å². The molecule has 0 saturated heterocycles. The molecule has 1 aliphatic rings. The van der Waals surface area contributed by atoms with E-state index >= 15 is 0 Å². The third-order valence-corrected chi connectivity index (χ3v) is 5.40. The Hall–Kier alpha value is -1.69. The molecular formula is C13H17N4O5S2-. The highest BCUT2D eigenvalue weighted by Crippen LogP contribution is 2.36. The molecule has 3 rings (SSSR count). The molecule has 3 N–H and O–H groups in total. The van der Waals surface area contributed by atoms with Crippen LogP contribution in [0.1, 0.15) is 43.7 Å². The van der Waals surface area contributed by atoms with E-state index < -0.39 is 20.5 Å². The number of nitrogens with one attached hydrogen (secondary N) is 1. The van der Waals surface area contributed by atoms with E-state index in [-0.39, 0.29) is 17.1 Å². The topological polar surface area (TPSA) is 147 Å². The number of hydrogen-bond acceptors (Lipinski definition) is 6. The molecule has 2 aromatic rings. The van der Waals surface area contributed by atoms with Crippen molar-refractivity contribution in [2.24, 2.45) is 5.14 Å². The molecule has 9 nitrogen and oxygen atoms in total. The molecule has 132 valence electrons. The van der Waals surface area contributed by atoms with Crippen LogP contribution >= 0.6 is 0 Å². The summed E-state index contributed by atoms with van der Waals surface area (Å²) in [5.41, 5.74) is 0.736. The van der Waals surface area contributed by atoms with Gasteiger partial charge in [0.15, 0.2) is 10.3 Å². The molecule has 11 heteroatoms. The van der Waals surface area contributed by atoms with Crippen LogP contribution in [0.2, 0.25) is 0 Å². The number of nitrogens with zero attached hydrogens (tertiary/aromatic N) is 2. The molecule has 1 aromatic carbocycles. The van der Waals surface area contributed by atoms with Gasteiger partial charge in [-0.05, 0) is 31.0 Å². The zero-order chi connectivity index (χ0) is 17.5. The number of aromatic nitrogens is 2. The predicted octanol–water partition coefficient (Wildman–Crippen LogP) is 1.01. The van der Waals surface area contributed by atoms with Crippen LogP contribution in [0.4, 0.5) is 5.69 Å². The fraction of sp³-hybridized carbons (Fsp3) is 0.462. The first-order valence-corrected chi connectivity index (χ1v) is 10.4. The van der Waals surface area contributed by atoms with Gasteiger partial charge in [0.25, 0.3) is 0 Å². The highest BCUT2D eigenvalue weighted by Gasteiger charge is 2.25. The summed E-state index contributed by atoms with van der Waals surface area (Å²) >= 11 is 0. The summed E-state index contributed by atoms with van der Waals surface area (Å²) in [5, 5.41) is 9.97. The minimum Gasteiger partial charge on any atom is -0.731 e. The third-order valence-electron chi connectivity index (χ3n) is 4.15. The van der Waals surface area contributed by atoms with E-state index in [4.69, 9.17) is 5.14 Å². The van der Waals surface area contributed by atoms with Crippen LogP contribution in [0.5, 0.6) is 0 Å². The number of benzene rings is 1. The molecule has 1 aromatic heterocycles. The lowest BCUT2D eigenvalue weighted by Crippen LogP contribution is -2.23. The quantitative estimate of drug-likeness (QED) is 0.764. The maximum atomic E-state index is 11.8. The van der Waals surface area contributed by atoms with Crippen molar-refractivity contribution < 1.29 is 21.4 Å². The van der Waals surface area contributed by atoms with Crippen molar-refractivity contribution in [3.8, 4) is 0 Å². The second-order valence-corrected chi connectivity index (χ2v) is 8.38. The fourth-order valence-corrected chi connectivity index (χ4v) is 4.23. The summed E-state index contributed by atoms with van der Waals surface area (Å²) in [7, 11) is -8.88. The van der Waals surface area contributed by atoms with Crippen LogP contribution in [0.25, 0.3) is 10.9 Å². The molecule has 0 unspecified atom stereocenters. The van der Waals surface area contributed by atoms with E-state index in [2.05, 4.69) is 5.10 Å². The van der Waals surface area contributed by atoms with Gasteiger partial charge in [-0.3, -0.25) is 4.72 Å². The number of rotatable bonds is 4. The minimum absolute atomic E-state index is 0.0440. The zero-order valence-electron chi connectivity index (χ0n) is 12.7. The van der Waals surface area contributed by atoms with Crippen LogP contribution in [-0.4, -0.2) is 30.6 Å². The van der Waals surface area contributed by atoms with Gasteiger partial charge >= 0.3 is 10.2 Å². The smallest absolute Gasteiger partial charge is 0.318 e. The van der Waals surface area contributed by atoms with E-state index in [1.807, 2.05) is 0 Å². The van der Waals surface area contributed by atoms with Crippen molar-refractivity contribution in [3.63, 3.8) is 0 Å². The third kappa shape index (κ3) is 3.53. The van der Waals surface area contributed by atoms with Crippen molar-refractivity contribution in [1.82, 2.24) is 9.19 Å². The first kappa shape index (κ1) is 17.1. The maximum Gasteiger partial charge on any atom is 0.318 e. The Morgan fingerprint density at radius 1 is 1.17 bits per heavy atom. The Bertz CT molecular complexity index is 975. The molecule has 0 aliphatic heterocycles. The standard InChI is InChI=1S/C13H18N4O5S2/c14-23(18,19)17-12-8-10(16-24(20,21)22)6-7-11(12)13(15-17)9-4-2-1-3-5-9/h6-9,16H,1-5H2,(H2,14,18,19)(H,20,21,22)/p-1. The van der Waals surface area contributed by atoms with Gasteiger partial charge in [-0.2, -0.15) is 13.5 Å². The molecule has 24 heavy (non-hydrogen) atoms. The molecule has 1 saturated carbocycles. The fourth-order valence-electron chi connectivity index (χ4n) is 3.19. The zero-order valence-corrected chi connectivity index (χ0v) is 14.3. The maximum absolute atomic E-state index is 11.8. The molecule has 0 amide bonds. The normalized spacial score (nSPS) is 17.2. The number of anilines is 1. The van der Waals surface area contributed by atoms with Gasteiger partial charge in [-0.25, -0.2) is 13.6 Å². The summed E-state index contributed by atoms with van der Waals surface area (Å²) in [5.74, 6) is 0.131. The predicted molar refractivity (Wildman–Crippen MR) is 87.4 cm³/mol. The van der Waals surface area contributed by atoms with Crippen molar-refractivity contribution in [3.05, 3.63) is 23.9 Å². The van der Waals surface area contributed by atoms with Crippen molar-refractivity contribution in [2.45, 2.75) is 38.0 Å². The first-order valence-electron chi connectivity index (χ1n) is 7.45. The molecule has 1 aliphatic carbocycles. The lowest BCUT2D eigenvalue weighted by molar-refractivity contribution is 0.437. The highest BCUT2D eigenvalue weighted by molar-refractivity contribution is 7.87. The Labute approximate surface area is 139 Å². The molecule has 0 spiro atoms. The molecule has 0 radical (unpaired) electrons. The number of fused-ring (bicyclic) bond motifs is 1. The molecule has 0 bridgehead atoms. The second kappa shape index (κ2) is 5.99. The van der Waals surface area contributed by atoms with Gasteiger partial charge in [-0.15, -0.1) is 4.09 Å². The second-order valence-electron chi connectivity index (χ2n) is 5.90. The van der Waals surface area contributed by atoms with Gasteiger partial charge in [-0.1, -0.05) is 19.3 Å². The van der Waals surface area contributed by atoms with E-state index in [0.717, 1.165) is 32.1 Å². The highest BCUT2D eigenvalue weighted by atomic mass is 32.2. The molecule has 0 atom stereocenters. The van der Waals surface area contributed by atoms with E-state index in [1.165, 1.54) is 12.1 Å². The van der Waals surface area contributed by atoms with Gasteiger partial charge in [0.2, 0.25) is 0 Å². The Balaban J connectivity index is 2.17. The Kier molecular flexibility index (Phi) is 4.28. The summed E-state index contributed by atoms with van der Waals surface area (Å²) < 4.78 is 58.6. The van der Waals surface area contributed by atoms with Crippen LogP contribution in [0.15, 0.2) is 18.2 Å². The van der Waals surface area contributed by atoms with Crippen molar-refractivity contribution in [2.75, 3.05) is 4.72 Å². The number of nitrogens with two attached hydrogens (primary N) is 1. The average molecular weight is 373 g/mol. The minimum atomic E-state index is -4.72. The average Bonchev–Trinajstić information content (AvgIpc) is 2.85. The van der Waals surface area contributed by atoms with Crippen LogP contribution in [-0.2, 0) is 20.5 Å². The first-order chi connectivity index (χ1) is 11.1. The number of hydrogen-bond donors (Lipinski definition) is 2. The lowest BCUT2D eigenvalue weighted by atomic mass is 9.86. The largest absolute Gasteiger partial charge is 0.731 e. The Morgan fingerprint density at radius 2 is 1.83 bits per heavy atom. The van der Waals surface area contributed by atoms with Gasteiger partial charge in [0.1, 0.15) is 0 Å². The summed E-state index contributed by atoms with van der Waals surface area (Å²) in [6.45, 7) is 0. The SMILES string of the molecule is NS(=O)(=O)n1nc(C2CCCCC2)c2ccc(NS(=O)(=O)[O-])cc21. The van der Waals surface area contributed by atoms with Crippen LogP contribution in [0.3, 0.4) is 0 Å². The summed E-state index contributed by atoms with van der Waals surface area (Å²) in [6, 6.07) is 4.20. The monoisotopic (exact) mass is 373 g/mol. The summed E-state index contributed by atoms with van der Waals surface area (Å²) in [4.78, 5) is 0. The van der Waals surface area contributed by atoms with Crippen molar-refractivity contribution in [1.29, 1.82) is 0 Å². The molecular weight excluding hydrogens is 356 g/mol. The molecule has 1 fully saturated rings. The van der Waals surface area contributed by atoms with E-state index in [9.17, 15) is 21.4 Å². The van der Waals surface area contributed by atoms with E-state index in [1.54, 1.807) is 10.8 Å². The lowest BCUT2D eigenvalue weighted by Gasteiger charge is -2.19. The Morgan fingerprint density at radius 3 is 2.42 bits per heavy atom. The van der Waals surface area contributed by atoms with E-state index in [0.29, 0.717) is 15.2 Å². The van der Waals surface area contributed by atoms with Gasteiger partial charge in [0, 0.05) is 17.0 Å². The summed E-state index contributed by atoms with van der Waals surface area (Å²) in [6.07, 6.45) is 5.04.